The van der Waals surface area contributed by atoms with Gasteiger partial charge < -0.3 is 10.2 Å². The second-order valence-electron chi connectivity index (χ2n) is 5.33. The Hall–Kier alpha value is -1.57. The van der Waals surface area contributed by atoms with Crippen molar-refractivity contribution in [2.75, 3.05) is 19.6 Å². The molecule has 5 heteroatoms. The van der Waals surface area contributed by atoms with Gasteiger partial charge in [-0.1, -0.05) is 13.8 Å². The number of hydrogen-bond donors (Lipinski definition) is 1. The van der Waals surface area contributed by atoms with E-state index in [9.17, 15) is 9.59 Å². The highest BCUT2D eigenvalue weighted by atomic mass is 16.2. The SMILES string of the molecule is CC(C)C(C#N)C(=O)NCCC(=O)N1CCCCC1. The van der Waals surface area contributed by atoms with Crippen molar-refractivity contribution in [3.63, 3.8) is 0 Å². The molecule has 19 heavy (non-hydrogen) atoms. The Morgan fingerprint density at radius 3 is 2.42 bits per heavy atom. The molecule has 106 valence electrons. The Labute approximate surface area is 115 Å². The molecule has 1 N–H and O–H groups in total. The number of hydrogen-bond acceptors (Lipinski definition) is 3. The normalized spacial score (nSPS) is 16.8. The topological polar surface area (TPSA) is 73.2 Å². The van der Waals surface area contributed by atoms with Gasteiger partial charge in [-0.2, -0.15) is 5.26 Å². The largest absolute Gasteiger partial charge is 0.354 e. The molecule has 1 rings (SSSR count). The maximum Gasteiger partial charge on any atom is 0.237 e. The second-order valence-corrected chi connectivity index (χ2v) is 5.33. The number of nitriles is 1. The number of carbonyl (C=O) groups is 2. The van der Waals surface area contributed by atoms with Gasteiger partial charge in [0.15, 0.2) is 0 Å². The molecule has 1 aliphatic heterocycles. The van der Waals surface area contributed by atoms with E-state index in [1.807, 2.05) is 24.8 Å². The van der Waals surface area contributed by atoms with Crippen LogP contribution in [0.4, 0.5) is 0 Å². The third-order valence-corrected chi connectivity index (χ3v) is 3.44. The highest BCUT2D eigenvalue weighted by Gasteiger charge is 2.22. The molecular weight excluding hydrogens is 242 g/mol. The first-order valence-electron chi connectivity index (χ1n) is 7.01. The van der Waals surface area contributed by atoms with Gasteiger partial charge >= 0.3 is 0 Å². The van der Waals surface area contributed by atoms with Crippen molar-refractivity contribution in [3.05, 3.63) is 0 Å². The smallest absolute Gasteiger partial charge is 0.237 e. The first kappa shape index (κ1) is 15.5. The molecule has 0 spiro atoms. The van der Waals surface area contributed by atoms with E-state index in [-0.39, 0.29) is 17.7 Å². The average molecular weight is 265 g/mol. The fourth-order valence-electron chi connectivity index (χ4n) is 2.21. The van der Waals surface area contributed by atoms with Gasteiger partial charge in [-0.25, -0.2) is 0 Å². The highest BCUT2D eigenvalue weighted by Crippen LogP contribution is 2.11. The lowest BCUT2D eigenvalue weighted by Gasteiger charge is -2.26. The summed E-state index contributed by atoms with van der Waals surface area (Å²) in [7, 11) is 0. The molecule has 1 aliphatic rings. The van der Waals surface area contributed by atoms with Crippen LogP contribution in [0, 0.1) is 23.2 Å². The van der Waals surface area contributed by atoms with Crippen LogP contribution in [0.5, 0.6) is 0 Å². The number of nitrogens with zero attached hydrogens (tertiary/aromatic N) is 2. The predicted octanol–water partition coefficient (Wildman–Crippen LogP) is 1.30. The van der Waals surface area contributed by atoms with Crippen LogP contribution < -0.4 is 5.32 Å². The summed E-state index contributed by atoms with van der Waals surface area (Å²) < 4.78 is 0. The van der Waals surface area contributed by atoms with Gasteiger partial charge in [0.1, 0.15) is 5.92 Å². The molecule has 1 atom stereocenters. The standard InChI is InChI=1S/C14H23N3O2/c1-11(2)12(10-15)14(19)16-7-6-13(18)17-8-4-3-5-9-17/h11-12H,3-9H2,1-2H3,(H,16,19). The number of piperidine rings is 1. The Kier molecular flexibility index (Phi) is 6.34. The van der Waals surface area contributed by atoms with E-state index in [4.69, 9.17) is 5.26 Å². The molecule has 0 bridgehead atoms. The van der Waals surface area contributed by atoms with Crippen molar-refractivity contribution in [2.45, 2.75) is 39.5 Å². The van der Waals surface area contributed by atoms with Crippen molar-refractivity contribution < 1.29 is 9.59 Å². The summed E-state index contributed by atoms with van der Waals surface area (Å²) in [5.74, 6) is -0.824. The van der Waals surface area contributed by atoms with Gasteiger partial charge in [-0.3, -0.25) is 9.59 Å². The lowest BCUT2D eigenvalue weighted by atomic mass is 9.97. The van der Waals surface area contributed by atoms with Crippen LogP contribution >= 0.6 is 0 Å². The fraction of sp³-hybridized carbons (Fsp3) is 0.786. The zero-order valence-corrected chi connectivity index (χ0v) is 11.8. The van der Waals surface area contributed by atoms with Crippen molar-refractivity contribution in [2.24, 2.45) is 11.8 Å². The van der Waals surface area contributed by atoms with Crippen LogP contribution in [-0.4, -0.2) is 36.3 Å². The van der Waals surface area contributed by atoms with Crippen molar-refractivity contribution in [3.8, 4) is 6.07 Å². The molecule has 1 fully saturated rings. The Balaban J connectivity index is 2.27. The van der Waals surface area contributed by atoms with Gasteiger partial charge in [0.2, 0.25) is 11.8 Å². The van der Waals surface area contributed by atoms with Crippen LogP contribution in [0.25, 0.3) is 0 Å². The summed E-state index contributed by atoms with van der Waals surface area (Å²) in [5, 5.41) is 11.6. The highest BCUT2D eigenvalue weighted by molar-refractivity contribution is 5.82. The zero-order chi connectivity index (χ0) is 14.3. The van der Waals surface area contributed by atoms with Crippen LogP contribution in [0.3, 0.4) is 0 Å². The summed E-state index contributed by atoms with van der Waals surface area (Å²) in [5.41, 5.74) is 0. The Bertz CT molecular complexity index is 354. The van der Waals surface area contributed by atoms with E-state index < -0.39 is 5.92 Å². The summed E-state index contributed by atoms with van der Waals surface area (Å²) in [6.07, 6.45) is 3.66. The first-order chi connectivity index (χ1) is 9.06. The van der Waals surface area contributed by atoms with E-state index in [1.165, 1.54) is 6.42 Å². The van der Waals surface area contributed by atoms with Crippen LogP contribution in [0.1, 0.15) is 39.5 Å². The maximum atomic E-state index is 11.9. The van der Waals surface area contributed by atoms with E-state index in [0.717, 1.165) is 25.9 Å². The minimum absolute atomic E-state index is 0.0113. The van der Waals surface area contributed by atoms with E-state index in [0.29, 0.717) is 13.0 Å². The molecule has 1 saturated heterocycles. The van der Waals surface area contributed by atoms with E-state index in [2.05, 4.69) is 5.32 Å². The number of rotatable bonds is 5. The second kappa shape index (κ2) is 7.78. The molecule has 0 aromatic heterocycles. The molecule has 5 nitrogen and oxygen atoms in total. The minimum Gasteiger partial charge on any atom is -0.354 e. The summed E-state index contributed by atoms with van der Waals surface area (Å²) in [6.45, 7) is 5.66. The molecule has 0 radical (unpaired) electrons. The monoisotopic (exact) mass is 265 g/mol. The van der Waals surface area contributed by atoms with Gasteiger partial charge in [-0.15, -0.1) is 0 Å². The third-order valence-electron chi connectivity index (χ3n) is 3.44. The van der Waals surface area contributed by atoms with Crippen molar-refractivity contribution >= 4 is 11.8 Å². The van der Waals surface area contributed by atoms with Crippen molar-refractivity contribution in [1.29, 1.82) is 5.26 Å². The molecule has 0 aromatic carbocycles. The number of amides is 2. The van der Waals surface area contributed by atoms with Gasteiger partial charge in [0, 0.05) is 26.1 Å². The predicted molar refractivity (Wildman–Crippen MR) is 72.0 cm³/mol. The average Bonchev–Trinajstić information content (AvgIpc) is 2.40. The van der Waals surface area contributed by atoms with E-state index in [1.54, 1.807) is 0 Å². The van der Waals surface area contributed by atoms with Gasteiger partial charge in [0.05, 0.1) is 6.07 Å². The number of carbonyl (C=O) groups excluding carboxylic acids is 2. The lowest BCUT2D eigenvalue weighted by Crippen LogP contribution is -2.39. The summed E-state index contributed by atoms with van der Waals surface area (Å²) in [6, 6.07) is 2.00. The molecule has 1 heterocycles. The van der Waals surface area contributed by atoms with Gasteiger partial charge in [-0.05, 0) is 25.2 Å². The maximum absolute atomic E-state index is 11.9. The quantitative estimate of drug-likeness (QED) is 0.814. The summed E-state index contributed by atoms with van der Waals surface area (Å²) in [4.78, 5) is 25.4. The number of likely N-dealkylation sites (tertiary alicyclic amines) is 1. The fourth-order valence-corrected chi connectivity index (χ4v) is 2.21. The Morgan fingerprint density at radius 2 is 1.89 bits per heavy atom. The molecule has 0 aliphatic carbocycles. The lowest BCUT2D eigenvalue weighted by molar-refractivity contribution is -0.132. The van der Waals surface area contributed by atoms with Crippen LogP contribution in [-0.2, 0) is 9.59 Å². The molecule has 0 saturated carbocycles. The van der Waals surface area contributed by atoms with E-state index >= 15 is 0 Å². The number of nitrogens with one attached hydrogen (secondary N) is 1. The minimum atomic E-state index is -0.634. The Morgan fingerprint density at radius 1 is 1.26 bits per heavy atom. The third kappa shape index (κ3) is 4.90. The molecular formula is C14H23N3O2. The first-order valence-corrected chi connectivity index (χ1v) is 7.01. The molecule has 1 unspecified atom stereocenters. The summed E-state index contributed by atoms with van der Waals surface area (Å²) >= 11 is 0. The van der Waals surface area contributed by atoms with Gasteiger partial charge in [0.25, 0.3) is 0 Å². The molecule has 0 aromatic rings. The zero-order valence-electron chi connectivity index (χ0n) is 11.8. The van der Waals surface area contributed by atoms with Crippen molar-refractivity contribution in [1.82, 2.24) is 10.2 Å². The van der Waals surface area contributed by atoms with Crippen LogP contribution in [0.2, 0.25) is 0 Å². The van der Waals surface area contributed by atoms with Crippen LogP contribution in [0.15, 0.2) is 0 Å². The molecule has 2 amide bonds.